The van der Waals surface area contributed by atoms with Crippen molar-refractivity contribution in [3.8, 4) is 22.6 Å². The van der Waals surface area contributed by atoms with Crippen molar-refractivity contribution in [1.29, 1.82) is 0 Å². The fourth-order valence-electron chi connectivity index (χ4n) is 1.95. The first-order chi connectivity index (χ1) is 10.1. The number of aromatic nitrogens is 1. The molecule has 0 saturated carbocycles. The summed E-state index contributed by atoms with van der Waals surface area (Å²) in [5.74, 6) is -0.0361. The van der Waals surface area contributed by atoms with E-state index in [4.69, 9.17) is 14.7 Å². The van der Waals surface area contributed by atoms with Gasteiger partial charge in [-0.2, -0.15) is 0 Å². The molecule has 0 bridgehead atoms. The Morgan fingerprint density at radius 3 is 2.76 bits per heavy atom. The van der Waals surface area contributed by atoms with Crippen molar-refractivity contribution in [3.05, 3.63) is 51.0 Å². The first kappa shape index (κ1) is 13.4. The molecule has 0 amide bonds. The van der Waals surface area contributed by atoms with Gasteiger partial charge in [-0.3, -0.25) is 10.1 Å². The van der Waals surface area contributed by atoms with Crippen LogP contribution in [-0.2, 0) is 0 Å². The number of halogens is 1. The van der Waals surface area contributed by atoms with E-state index in [1.165, 1.54) is 12.1 Å². The molecule has 0 aliphatic carbocycles. The predicted molar refractivity (Wildman–Crippen MR) is 78.4 cm³/mol. The number of anilines is 1. The highest BCUT2D eigenvalue weighted by Crippen LogP contribution is 2.38. The Morgan fingerprint density at radius 2 is 2.10 bits per heavy atom. The summed E-state index contributed by atoms with van der Waals surface area (Å²) in [7, 11) is 0. The zero-order valence-electron chi connectivity index (χ0n) is 10.4. The second-order valence-corrected chi connectivity index (χ2v) is 5.09. The van der Waals surface area contributed by atoms with Gasteiger partial charge in [0, 0.05) is 4.47 Å². The van der Waals surface area contributed by atoms with Crippen molar-refractivity contribution < 1.29 is 13.9 Å². The van der Waals surface area contributed by atoms with Gasteiger partial charge in [0.25, 0.3) is 0 Å². The third-order valence-electron chi connectivity index (χ3n) is 2.84. The van der Waals surface area contributed by atoms with E-state index in [1.807, 2.05) is 24.3 Å². The van der Waals surface area contributed by atoms with Gasteiger partial charge in [0.05, 0.1) is 11.6 Å². The first-order valence-electron chi connectivity index (χ1n) is 5.82. The van der Waals surface area contributed by atoms with Gasteiger partial charge < -0.3 is 14.7 Å². The third-order valence-corrected chi connectivity index (χ3v) is 3.33. The minimum Gasteiger partial charge on any atom is -0.399 e. The van der Waals surface area contributed by atoms with Crippen molar-refractivity contribution in [2.75, 3.05) is 5.73 Å². The van der Waals surface area contributed by atoms with Crippen LogP contribution in [0.1, 0.15) is 0 Å². The Hall–Kier alpha value is -2.61. The smallest absolute Gasteiger partial charge is 0.399 e. The largest absolute Gasteiger partial charge is 0.433 e. The van der Waals surface area contributed by atoms with Gasteiger partial charge >= 0.3 is 5.88 Å². The predicted octanol–water partition coefficient (Wildman–Crippen LogP) is 3.85. The van der Waals surface area contributed by atoms with Crippen LogP contribution in [0, 0.1) is 10.1 Å². The standard InChI is InChI=1S/C13H8BrN3O4/c14-8-3-1-2-7(6-8)11-12(16-21-13(11)15)9-4-5-10(20-9)17(18)19/h1-6H,15H2. The molecule has 2 N–H and O–H groups in total. The maximum Gasteiger partial charge on any atom is 0.433 e. The molecule has 21 heavy (non-hydrogen) atoms. The maximum atomic E-state index is 10.7. The minimum atomic E-state index is -0.619. The zero-order valence-corrected chi connectivity index (χ0v) is 12.0. The normalized spacial score (nSPS) is 10.7. The Bertz CT molecular complexity index is 824. The summed E-state index contributed by atoms with van der Waals surface area (Å²) in [6.07, 6.45) is 0. The Balaban J connectivity index is 2.14. The van der Waals surface area contributed by atoms with Crippen LogP contribution in [0.3, 0.4) is 0 Å². The summed E-state index contributed by atoms with van der Waals surface area (Å²) in [6.45, 7) is 0. The molecule has 3 rings (SSSR count). The summed E-state index contributed by atoms with van der Waals surface area (Å²) in [4.78, 5) is 10.1. The number of hydrogen-bond acceptors (Lipinski definition) is 6. The highest BCUT2D eigenvalue weighted by Gasteiger charge is 2.22. The van der Waals surface area contributed by atoms with E-state index < -0.39 is 4.92 Å². The molecule has 0 unspecified atom stereocenters. The fraction of sp³-hybridized carbons (Fsp3) is 0. The van der Waals surface area contributed by atoms with Crippen molar-refractivity contribution in [3.63, 3.8) is 0 Å². The average Bonchev–Trinajstić information content (AvgIpc) is 3.05. The number of nitrogens with two attached hydrogens (primary N) is 1. The van der Waals surface area contributed by atoms with E-state index in [2.05, 4.69) is 21.1 Å². The van der Waals surface area contributed by atoms with Crippen molar-refractivity contribution in [1.82, 2.24) is 5.16 Å². The number of benzene rings is 1. The van der Waals surface area contributed by atoms with Gasteiger partial charge in [-0.15, -0.1) is 0 Å². The first-order valence-corrected chi connectivity index (χ1v) is 6.61. The lowest BCUT2D eigenvalue weighted by atomic mass is 10.0. The van der Waals surface area contributed by atoms with Gasteiger partial charge in [0.1, 0.15) is 4.92 Å². The molecule has 0 saturated heterocycles. The molecule has 7 nitrogen and oxygen atoms in total. The average molecular weight is 350 g/mol. The van der Waals surface area contributed by atoms with E-state index in [0.29, 0.717) is 11.3 Å². The molecule has 0 atom stereocenters. The van der Waals surface area contributed by atoms with Crippen molar-refractivity contribution in [2.45, 2.75) is 0 Å². The van der Waals surface area contributed by atoms with Crippen LogP contribution in [-0.4, -0.2) is 10.1 Å². The number of nitrogens with zero attached hydrogens (tertiary/aromatic N) is 2. The molecular weight excluding hydrogens is 342 g/mol. The number of hydrogen-bond donors (Lipinski definition) is 1. The number of rotatable bonds is 3. The quantitative estimate of drug-likeness (QED) is 0.568. The SMILES string of the molecule is Nc1onc(-c2ccc([N+](=O)[O-])o2)c1-c1cccc(Br)c1. The molecule has 0 aliphatic rings. The van der Waals surface area contributed by atoms with Crippen LogP contribution in [0.5, 0.6) is 0 Å². The van der Waals surface area contributed by atoms with Gasteiger partial charge in [-0.05, 0) is 23.8 Å². The molecule has 2 aromatic heterocycles. The zero-order chi connectivity index (χ0) is 15.0. The molecule has 106 valence electrons. The molecule has 0 spiro atoms. The lowest BCUT2D eigenvalue weighted by molar-refractivity contribution is -0.401. The number of nitro groups is 1. The van der Waals surface area contributed by atoms with Gasteiger partial charge in [0.15, 0.2) is 11.5 Å². The summed E-state index contributed by atoms with van der Waals surface area (Å²) < 4.78 is 11.0. The Labute approximate surface area is 126 Å². The molecule has 0 fully saturated rings. The van der Waals surface area contributed by atoms with E-state index in [0.717, 1.165) is 10.0 Å². The Kier molecular flexibility index (Phi) is 3.22. The van der Waals surface area contributed by atoms with Crippen LogP contribution in [0.4, 0.5) is 11.8 Å². The minimum absolute atomic E-state index is 0.113. The van der Waals surface area contributed by atoms with E-state index in [9.17, 15) is 10.1 Å². The van der Waals surface area contributed by atoms with Gasteiger partial charge in [-0.25, -0.2) is 0 Å². The van der Waals surface area contributed by atoms with E-state index >= 15 is 0 Å². The maximum absolute atomic E-state index is 10.7. The summed E-state index contributed by atoms with van der Waals surface area (Å²) >= 11 is 3.37. The monoisotopic (exact) mass is 349 g/mol. The third kappa shape index (κ3) is 2.40. The summed E-state index contributed by atoms with van der Waals surface area (Å²) in [5, 5.41) is 14.5. The second kappa shape index (κ2) is 5.06. The van der Waals surface area contributed by atoms with Crippen LogP contribution in [0.25, 0.3) is 22.6 Å². The van der Waals surface area contributed by atoms with Crippen molar-refractivity contribution >= 4 is 27.7 Å². The highest BCUT2D eigenvalue weighted by atomic mass is 79.9. The summed E-state index contributed by atoms with van der Waals surface area (Å²) in [6, 6.07) is 10.1. The molecule has 1 aromatic carbocycles. The molecule has 2 heterocycles. The van der Waals surface area contributed by atoms with Gasteiger partial charge in [0.2, 0.25) is 5.88 Å². The lowest BCUT2D eigenvalue weighted by Crippen LogP contribution is -1.87. The van der Waals surface area contributed by atoms with Crippen LogP contribution >= 0.6 is 15.9 Å². The van der Waals surface area contributed by atoms with E-state index in [1.54, 1.807) is 0 Å². The molecule has 0 aliphatic heterocycles. The topological polar surface area (TPSA) is 108 Å². The van der Waals surface area contributed by atoms with Crippen molar-refractivity contribution in [2.24, 2.45) is 0 Å². The molecule has 3 aromatic rings. The van der Waals surface area contributed by atoms with Gasteiger partial charge in [-0.1, -0.05) is 33.2 Å². The Morgan fingerprint density at radius 1 is 1.29 bits per heavy atom. The summed E-state index contributed by atoms with van der Waals surface area (Å²) in [5.41, 5.74) is 7.42. The fourth-order valence-corrected chi connectivity index (χ4v) is 2.35. The number of furan rings is 1. The van der Waals surface area contributed by atoms with Crippen LogP contribution < -0.4 is 5.73 Å². The van der Waals surface area contributed by atoms with Crippen LogP contribution in [0.15, 0.2) is 49.8 Å². The lowest BCUT2D eigenvalue weighted by Gasteiger charge is -2.01. The second-order valence-electron chi connectivity index (χ2n) is 4.18. The molecular formula is C13H8BrN3O4. The molecule has 8 heteroatoms. The number of nitrogen functional groups attached to an aromatic ring is 1. The van der Waals surface area contributed by atoms with Crippen LogP contribution in [0.2, 0.25) is 0 Å². The molecule has 0 radical (unpaired) electrons. The van der Waals surface area contributed by atoms with E-state index in [-0.39, 0.29) is 17.5 Å². The highest BCUT2D eigenvalue weighted by molar-refractivity contribution is 9.10.